The Bertz CT molecular complexity index is 818. The molecule has 0 saturated heterocycles. The minimum absolute atomic E-state index is 0.0702. The molecule has 8 nitrogen and oxygen atoms in total. The van der Waals surface area contributed by atoms with E-state index in [0.717, 1.165) is 0 Å². The molecule has 0 radical (unpaired) electrons. The number of hydrogen-bond donors (Lipinski definition) is 1. The van der Waals surface area contributed by atoms with E-state index in [1.807, 2.05) is 0 Å². The molecule has 0 aliphatic rings. The fourth-order valence-electron chi connectivity index (χ4n) is 1.86. The molecule has 0 bridgehead atoms. The SMILES string of the molecule is COc1ccc(S(=O)(=O)Nc2ccc([N+](=O)[O-])cc2)c(OC)c1. The van der Waals surface area contributed by atoms with Gasteiger partial charge in [0.15, 0.2) is 0 Å². The van der Waals surface area contributed by atoms with Crippen LogP contribution >= 0.6 is 0 Å². The lowest BCUT2D eigenvalue weighted by atomic mass is 10.3. The van der Waals surface area contributed by atoms with Gasteiger partial charge >= 0.3 is 0 Å². The van der Waals surface area contributed by atoms with Crippen LogP contribution in [0.25, 0.3) is 0 Å². The molecular weight excluding hydrogens is 324 g/mol. The first-order valence-electron chi connectivity index (χ1n) is 6.36. The predicted molar refractivity (Wildman–Crippen MR) is 83.5 cm³/mol. The minimum atomic E-state index is -3.91. The van der Waals surface area contributed by atoms with E-state index in [4.69, 9.17) is 9.47 Å². The van der Waals surface area contributed by atoms with Gasteiger partial charge in [0.1, 0.15) is 16.4 Å². The molecule has 0 aliphatic heterocycles. The van der Waals surface area contributed by atoms with Crippen molar-refractivity contribution in [3.05, 3.63) is 52.6 Å². The summed E-state index contributed by atoms with van der Waals surface area (Å²) in [6.45, 7) is 0. The number of ether oxygens (including phenoxy) is 2. The molecule has 9 heteroatoms. The van der Waals surface area contributed by atoms with Crippen molar-refractivity contribution in [2.75, 3.05) is 18.9 Å². The second-order valence-electron chi connectivity index (χ2n) is 4.43. The van der Waals surface area contributed by atoms with Gasteiger partial charge in [0.05, 0.1) is 19.1 Å². The topological polar surface area (TPSA) is 108 Å². The van der Waals surface area contributed by atoms with Crippen LogP contribution in [0.1, 0.15) is 0 Å². The molecule has 0 aliphatic carbocycles. The molecule has 2 aromatic carbocycles. The van der Waals surface area contributed by atoms with Gasteiger partial charge in [-0.15, -0.1) is 0 Å². The normalized spacial score (nSPS) is 10.9. The van der Waals surface area contributed by atoms with Gasteiger partial charge in [0.25, 0.3) is 15.7 Å². The van der Waals surface area contributed by atoms with Crippen LogP contribution in [-0.4, -0.2) is 27.6 Å². The highest BCUT2D eigenvalue weighted by molar-refractivity contribution is 7.92. The van der Waals surface area contributed by atoms with Crippen LogP contribution in [0.3, 0.4) is 0 Å². The Morgan fingerprint density at radius 1 is 1.04 bits per heavy atom. The molecule has 0 atom stereocenters. The monoisotopic (exact) mass is 338 g/mol. The molecule has 0 aromatic heterocycles. The number of non-ortho nitro benzene ring substituents is 1. The Kier molecular flexibility index (Phi) is 4.70. The van der Waals surface area contributed by atoms with E-state index < -0.39 is 14.9 Å². The molecule has 0 saturated carbocycles. The quantitative estimate of drug-likeness (QED) is 0.640. The number of rotatable bonds is 6. The third-order valence-electron chi connectivity index (χ3n) is 2.99. The van der Waals surface area contributed by atoms with Crippen molar-refractivity contribution in [2.24, 2.45) is 0 Å². The number of nitrogens with one attached hydrogen (secondary N) is 1. The highest BCUT2D eigenvalue weighted by Gasteiger charge is 2.20. The van der Waals surface area contributed by atoms with Gasteiger partial charge in [0, 0.05) is 23.9 Å². The molecule has 23 heavy (non-hydrogen) atoms. The first-order chi connectivity index (χ1) is 10.9. The van der Waals surface area contributed by atoms with E-state index in [1.54, 1.807) is 0 Å². The zero-order chi connectivity index (χ0) is 17.0. The van der Waals surface area contributed by atoms with E-state index in [2.05, 4.69) is 4.72 Å². The van der Waals surface area contributed by atoms with Crippen molar-refractivity contribution >= 4 is 21.4 Å². The van der Waals surface area contributed by atoms with Crippen molar-refractivity contribution in [1.82, 2.24) is 0 Å². The zero-order valence-corrected chi connectivity index (χ0v) is 13.2. The van der Waals surface area contributed by atoms with E-state index in [1.165, 1.54) is 56.7 Å². The maximum atomic E-state index is 12.4. The lowest BCUT2D eigenvalue weighted by Gasteiger charge is -2.12. The van der Waals surface area contributed by atoms with Crippen molar-refractivity contribution in [3.63, 3.8) is 0 Å². The molecule has 0 fully saturated rings. The summed E-state index contributed by atoms with van der Waals surface area (Å²) in [5.41, 5.74) is 0.0726. The van der Waals surface area contributed by atoms with Crippen molar-refractivity contribution < 1.29 is 22.8 Å². The van der Waals surface area contributed by atoms with Crippen molar-refractivity contribution in [2.45, 2.75) is 4.90 Å². The summed E-state index contributed by atoms with van der Waals surface area (Å²) in [6.07, 6.45) is 0. The number of methoxy groups -OCH3 is 2. The average Bonchev–Trinajstić information content (AvgIpc) is 2.54. The van der Waals surface area contributed by atoms with Gasteiger partial charge < -0.3 is 9.47 Å². The van der Waals surface area contributed by atoms with E-state index in [0.29, 0.717) is 5.75 Å². The number of nitrogens with zero attached hydrogens (tertiary/aromatic N) is 1. The van der Waals surface area contributed by atoms with E-state index in [9.17, 15) is 18.5 Å². The van der Waals surface area contributed by atoms with Crippen LogP contribution in [0, 0.1) is 10.1 Å². The van der Waals surface area contributed by atoms with Gasteiger partial charge in [-0.25, -0.2) is 8.42 Å². The first-order valence-corrected chi connectivity index (χ1v) is 7.85. The Morgan fingerprint density at radius 3 is 2.22 bits per heavy atom. The summed E-state index contributed by atoms with van der Waals surface area (Å²) >= 11 is 0. The molecule has 122 valence electrons. The lowest BCUT2D eigenvalue weighted by Crippen LogP contribution is -2.14. The third-order valence-corrected chi connectivity index (χ3v) is 4.41. The maximum Gasteiger partial charge on any atom is 0.269 e. The summed E-state index contributed by atoms with van der Waals surface area (Å²) in [5, 5.41) is 10.6. The highest BCUT2D eigenvalue weighted by Crippen LogP contribution is 2.30. The second-order valence-corrected chi connectivity index (χ2v) is 6.08. The second kappa shape index (κ2) is 6.53. The molecule has 0 amide bonds. The van der Waals surface area contributed by atoms with Crippen molar-refractivity contribution in [3.8, 4) is 11.5 Å². The van der Waals surface area contributed by atoms with Crippen LogP contribution in [0.4, 0.5) is 11.4 Å². The summed E-state index contributed by atoms with van der Waals surface area (Å²) in [4.78, 5) is 9.97. The zero-order valence-electron chi connectivity index (χ0n) is 12.3. The standard InChI is InChI=1S/C14H14N2O6S/c1-21-12-7-8-14(13(9-12)22-2)23(19,20)15-10-3-5-11(6-4-10)16(17)18/h3-9,15H,1-2H3. The van der Waals surface area contributed by atoms with Crippen LogP contribution in [0.15, 0.2) is 47.4 Å². The Hall–Kier alpha value is -2.81. The van der Waals surface area contributed by atoms with Gasteiger partial charge in [0.2, 0.25) is 0 Å². The molecular formula is C14H14N2O6S. The molecule has 2 rings (SSSR count). The summed E-state index contributed by atoms with van der Waals surface area (Å²) < 4.78 is 37.3. The van der Waals surface area contributed by atoms with Crippen LogP contribution in [0.5, 0.6) is 11.5 Å². The predicted octanol–water partition coefficient (Wildman–Crippen LogP) is 2.41. The minimum Gasteiger partial charge on any atom is -0.497 e. The van der Waals surface area contributed by atoms with Gasteiger partial charge in [-0.05, 0) is 24.3 Å². The number of hydrogen-bond acceptors (Lipinski definition) is 6. The number of nitro benzene ring substituents is 1. The lowest BCUT2D eigenvalue weighted by molar-refractivity contribution is -0.384. The number of sulfonamides is 1. The average molecular weight is 338 g/mol. The Morgan fingerprint density at radius 2 is 1.70 bits per heavy atom. The highest BCUT2D eigenvalue weighted by atomic mass is 32.2. The van der Waals surface area contributed by atoms with E-state index >= 15 is 0 Å². The Labute approximate surface area is 132 Å². The smallest absolute Gasteiger partial charge is 0.269 e. The fourth-order valence-corrected chi connectivity index (χ4v) is 3.07. The molecule has 1 N–H and O–H groups in total. The fraction of sp³-hybridized carbons (Fsp3) is 0.143. The first kappa shape index (κ1) is 16.6. The summed E-state index contributed by atoms with van der Waals surface area (Å²) in [7, 11) is -1.11. The molecule has 2 aromatic rings. The summed E-state index contributed by atoms with van der Waals surface area (Å²) in [5.74, 6) is 0.579. The molecule has 0 unspecified atom stereocenters. The summed E-state index contributed by atoms with van der Waals surface area (Å²) in [6, 6.07) is 9.34. The molecule has 0 spiro atoms. The van der Waals surface area contributed by atoms with Gasteiger partial charge in [-0.2, -0.15) is 0 Å². The number of nitro groups is 1. The van der Waals surface area contributed by atoms with Gasteiger partial charge in [-0.3, -0.25) is 14.8 Å². The largest absolute Gasteiger partial charge is 0.497 e. The Balaban J connectivity index is 2.33. The third kappa shape index (κ3) is 3.69. The van der Waals surface area contributed by atoms with Crippen LogP contribution in [-0.2, 0) is 10.0 Å². The van der Waals surface area contributed by atoms with E-state index in [-0.39, 0.29) is 22.0 Å². The maximum absolute atomic E-state index is 12.4. The molecule has 0 heterocycles. The van der Waals surface area contributed by atoms with Gasteiger partial charge in [-0.1, -0.05) is 0 Å². The van der Waals surface area contributed by atoms with Crippen LogP contribution in [0.2, 0.25) is 0 Å². The van der Waals surface area contributed by atoms with Crippen LogP contribution < -0.4 is 14.2 Å². The number of anilines is 1. The number of benzene rings is 2. The van der Waals surface area contributed by atoms with Crippen molar-refractivity contribution in [1.29, 1.82) is 0 Å².